The number of hydrogen-bond donors (Lipinski definition) is 1. The molecule has 0 saturated heterocycles. The third-order valence-electron chi connectivity index (χ3n) is 2.24. The number of nitrogens with zero attached hydrogens (tertiary/aromatic N) is 1. The Bertz CT molecular complexity index is 511. The van der Waals surface area contributed by atoms with Crippen LogP contribution >= 0.6 is 0 Å². The van der Waals surface area contributed by atoms with Crippen molar-refractivity contribution in [3.05, 3.63) is 28.8 Å². The first-order valence-corrected chi connectivity index (χ1v) is 5.33. The maximum absolute atomic E-state index is 12.3. The van der Waals surface area contributed by atoms with E-state index in [0.717, 1.165) is 6.07 Å². The molecule has 0 fully saturated rings. The number of rotatable bonds is 5. The van der Waals surface area contributed by atoms with E-state index < -0.39 is 24.9 Å². The van der Waals surface area contributed by atoms with Gasteiger partial charge in [0.05, 0.1) is 24.3 Å². The zero-order valence-electron chi connectivity index (χ0n) is 10.0. The summed E-state index contributed by atoms with van der Waals surface area (Å²) in [6, 6.07) is 4.03. The molecule has 0 unspecified atom stereocenters. The highest BCUT2D eigenvalue weighted by molar-refractivity contribution is 5.92. The minimum Gasteiger partial charge on any atom is -0.462 e. The smallest absolute Gasteiger partial charge is 0.387 e. The Hall–Kier alpha value is -2.20. The SMILES string of the molecule is CCOC(=O)c1ccc(C#N)c(OC(F)F)c1CO. The monoisotopic (exact) mass is 271 g/mol. The molecule has 0 saturated carbocycles. The van der Waals surface area contributed by atoms with Crippen molar-refractivity contribution in [1.82, 2.24) is 0 Å². The molecule has 0 amide bonds. The Balaban J connectivity index is 3.36. The number of esters is 1. The van der Waals surface area contributed by atoms with Crippen molar-refractivity contribution in [2.45, 2.75) is 20.1 Å². The van der Waals surface area contributed by atoms with Crippen molar-refractivity contribution in [2.24, 2.45) is 0 Å². The molecule has 1 N–H and O–H groups in total. The molecule has 1 aromatic rings. The van der Waals surface area contributed by atoms with Gasteiger partial charge in [0, 0.05) is 5.56 Å². The average molecular weight is 271 g/mol. The van der Waals surface area contributed by atoms with Crippen LogP contribution in [0.2, 0.25) is 0 Å². The van der Waals surface area contributed by atoms with Crippen LogP contribution in [-0.2, 0) is 11.3 Å². The molecule has 1 aromatic carbocycles. The summed E-state index contributed by atoms with van der Waals surface area (Å²) in [5, 5.41) is 18.0. The van der Waals surface area contributed by atoms with Crippen LogP contribution < -0.4 is 4.74 Å². The summed E-state index contributed by atoms with van der Waals surface area (Å²) in [7, 11) is 0. The van der Waals surface area contributed by atoms with Crippen molar-refractivity contribution in [3.63, 3.8) is 0 Å². The number of carbonyl (C=O) groups is 1. The van der Waals surface area contributed by atoms with E-state index in [0.29, 0.717) is 0 Å². The molecule has 1 rings (SSSR count). The largest absolute Gasteiger partial charge is 0.462 e. The first-order valence-electron chi connectivity index (χ1n) is 5.33. The van der Waals surface area contributed by atoms with Gasteiger partial charge >= 0.3 is 12.6 Å². The van der Waals surface area contributed by atoms with Gasteiger partial charge in [-0.1, -0.05) is 0 Å². The molecule has 7 heteroatoms. The van der Waals surface area contributed by atoms with E-state index in [9.17, 15) is 18.7 Å². The Morgan fingerprint density at radius 1 is 1.53 bits per heavy atom. The molecule has 102 valence electrons. The topological polar surface area (TPSA) is 79.6 Å². The summed E-state index contributed by atoms with van der Waals surface area (Å²) >= 11 is 0. The van der Waals surface area contributed by atoms with E-state index in [4.69, 9.17) is 10.00 Å². The van der Waals surface area contributed by atoms with Gasteiger partial charge in [0.1, 0.15) is 11.8 Å². The third kappa shape index (κ3) is 3.39. The number of carbonyl (C=O) groups excluding carboxylic acids is 1. The first kappa shape index (κ1) is 14.9. The van der Waals surface area contributed by atoms with Crippen molar-refractivity contribution < 1.29 is 28.2 Å². The summed E-state index contributed by atoms with van der Waals surface area (Å²) < 4.78 is 33.5. The second-order valence-corrected chi connectivity index (χ2v) is 3.34. The fraction of sp³-hybridized carbons (Fsp3) is 0.333. The van der Waals surface area contributed by atoms with Crippen molar-refractivity contribution in [3.8, 4) is 11.8 Å². The molecule has 0 atom stereocenters. The lowest BCUT2D eigenvalue weighted by Crippen LogP contribution is -2.13. The Morgan fingerprint density at radius 2 is 2.21 bits per heavy atom. The third-order valence-corrected chi connectivity index (χ3v) is 2.24. The van der Waals surface area contributed by atoms with Gasteiger partial charge < -0.3 is 14.6 Å². The number of ether oxygens (including phenoxy) is 2. The van der Waals surface area contributed by atoms with Crippen molar-refractivity contribution in [2.75, 3.05) is 6.61 Å². The quantitative estimate of drug-likeness (QED) is 0.826. The van der Waals surface area contributed by atoms with Crippen LogP contribution in [0.5, 0.6) is 5.75 Å². The van der Waals surface area contributed by atoms with Crippen LogP contribution in [-0.4, -0.2) is 24.3 Å². The van der Waals surface area contributed by atoms with Crippen LogP contribution in [0.3, 0.4) is 0 Å². The Kier molecular flexibility index (Phi) is 5.21. The second-order valence-electron chi connectivity index (χ2n) is 3.34. The predicted molar refractivity (Wildman–Crippen MR) is 59.7 cm³/mol. The second kappa shape index (κ2) is 6.66. The van der Waals surface area contributed by atoms with Gasteiger partial charge in [-0.3, -0.25) is 0 Å². The Labute approximate surface area is 108 Å². The standard InChI is InChI=1S/C12H11F2NO4/c1-2-18-11(17)8-4-3-7(5-15)10(9(8)6-16)19-12(13)14/h3-4,12,16H,2,6H2,1H3. The van der Waals surface area contributed by atoms with Gasteiger partial charge in [-0.15, -0.1) is 0 Å². The molecular formula is C12H11F2NO4. The van der Waals surface area contributed by atoms with Gasteiger partial charge in [0.2, 0.25) is 0 Å². The van der Waals surface area contributed by atoms with E-state index in [1.807, 2.05) is 0 Å². The molecule has 0 bridgehead atoms. The highest BCUT2D eigenvalue weighted by atomic mass is 19.3. The minimum absolute atomic E-state index is 0.0920. The zero-order valence-corrected chi connectivity index (χ0v) is 10.0. The zero-order chi connectivity index (χ0) is 14.4. The lowest BCUT2D eigenvalue weighted by atomic mass is 10.0. The maximum Gasteiger partial charge on any atom is 0.387 e. The summed E-state index contributed by atoms with van der Waals surface area (Å²) in [4.78, 5) is 11.6. The highest BCUT2D eigenvalue weighted by Gasteiger charge is 2.21. The highest BCUT2D eigenvalue weighted by Crippen LogP contribution is 2.29. The number of halogens is 2. The van der Waals surface area contributed by atoms with E-state index in [-0.39, 0.29) is 23.3 Å². The molecule has 5 nitrogen and oxygen atoms in total. The normalized spacial score (nSPS) is 10.1. The molecule has 0 spiro atoms. The van der Waals surface area contributed by atoms with E-state index >= 15 is 0 Å². The Morgan fingerprint density at radius 3 is 2.68 bits per heavy atom. The minimum atomic E-state index is -3.17. The first-order chi connectivity index (χ1) is 9.04. The fourth-order valence-electron chi connectivity index (χ4n) is 1.50. The summed E-state index contributed by atoms with van der Waals surface area (Å²) in [6.07, 6.45) is 0. The average Bonchev–Trinajstić information content (AvgIpc) is 2.37. The van der Waals surface area contributed by atoms with E-state index in [1.165, 1.54) is 6.07 Å². The summed E-state index contributed by atoms with van der Waals surface area (Å²) in [6.45, 7) is -2.23. The molecule has 0 aliphatic heterocycles. The van der Waals surface area contributed by atoms with Gasteiger partial charge in [0.25, 0.3) is 0 Å². The lowest BCUT2D eigenvalue weighted by Gasteiger charge is -2.14. The fourth-order valence-corrected chi connectivity index (χ4v) is 1.50. The van der Waals surface area contributed by atoms with Gasteiger partial charge in [0.15, 0.2) is 0 Å². The van der Waals surface area contributed by atoms with Gasteiger partial charge in [-0.05, 0) is 19.1 Å². The predicted octanol–water partition coefficient (Wildman–Crippen LogP) is 1.83. The maximum atomic E-state index is 12.3. The van der Waals surface area contributed by atoms with E-state index in [1.54, 1.807) is 13.0 Å². The van der Waals surface area contributed by atoms with Crippen LogP contribution in [0.4, 0.5) is 8.78 Å². The summed E-state index contributed by atoms with van der Waals surface area (Å²) in [5.41, 5.74) is -0.505. The van der Waals surface area contributed by atoms with Crippen LogP contribution in [0.25, 0.3) is 0 Å². The van der Waals surface area contributed by atoms with Crippen molar-refractivity contribution >= 4 is 5.97 Å². The van der Waals surface area contributed by atoms with Crippen LogP contribution in [0.1, 0.15) is 28.4 Å². The number of benzene rings is 1. The molecular weight excluding hydrogens is 260 g/mol. The molecule has 0 aromatic heterocycles. The van der Waals surface area contributed by atoms with Crippen molar-refractivity contribution in [1.29, 1.82) is 5.26 Å². The van der Waals surface area contributed by atoms with Crippen LogP contribution in [0.15, 0.2) is 12.1 Å². The summed E-state index contributed by atoms with van der Waals surface area (Å²) in [5.74, 6) is -1.29. The van der Waals surface area contributed by atoms with Gasteiger partial charge in [-0.2, -0.15) is 14.0 Å². The molecule has 0 radical (unpaired) electrons. The molecule has 19 heavy (non-hydrogen) atoms. The lowest BCUT2D eigenvalue weighted by molar-refractivity contribution is -0.0512. The number of nitriles is 1. The number of hydrogen-bond acceptors (Lipinski definition) is 5. The van der Waals surface area contributed by atoms with Gasteiger partial charge in [-0.25, -0.2) is 4.79 Å². The van der Waals surface area contributed by atoms with Crippen LogP contribution in [0, 0.1) is 11.3 Å². The number of alkyl halides is 2. The molecule has 0 aliphatic carbocycles. The number of aliphatic hydroxyl groups excluding tert-OH is 1. The molecule has 0 aliphatic rings. The number of aliphatic hydroxyl groups is 1. The van der Waals surface area contributed by atoms with E-state index in [2.05, 4.69) is 4.74 Å². The molecule has 0 heterocycles.